The molecule has 0 aromatic heterocycles. The fourth-order valence-corrected chi connectivity index (χ4v) is 4.06. The van der Waals surface area contributed by atoms with E-state index in [0.717, 1.165) is 0 Å². The Bertz CT molecular complexity index is 465. The molecule has 1 saturated carbocycles. The van der Waals surface area contributed by atoms with Crippen molar-refractivity contribution in [3.05, 3.63) is 0 Å². The standard InChI is InChI=1S/C12H19NO4S/c1-4-17-11(14)12(8-13)7-10(6-9(12)3)18(15,16)5-2/h9-10H,4-7H2,1-3H3/t9-,10+,12-/m0/s1. The lowest BCUT2D eigenvalue weighted by atomic mass is 9.80. The molecule has 1 fully saturated rings. The molecule has 0 radical (unpaired) electrons. The van der Waals surface area contributed by atoms with Crippen LogP contribution in [0.2, 0.25) is 0 Å². The molecule has 3 atom stereocenters. The maximum Gasteiger partial charge on any atom is 0.326 e. The van der Waals surface area contributed by atoms with Crippen molar-refractivity contribution in [2.24, 2.45) is 11.3 Å². The summed E-state index contributed by atoms with van der Waals surface area (Å²) in [4.78, 5) is 11.9. The predicted octanol–water partition coefficient (Wildman–Crippen LogP) is 1.29. The third kappa shape index (κ3) is 2.37. The summed E-state index contributed by atoms with van der Waals surface area (Å²) < 4.78 is 28.7. The van der Waals surface area contributed by atoms with E-state index in [1.54, 1.807) is 20.8 Å². The molecule has 0 aromatic rings. The summed E-state index contributed by atoms with van der Waals surface area (Å²) in [6, 6.07) is 2.00. The summed E-state index contributed by atoms with van der Waals surface area (Å²) in [7, 11) is -3.22. The Hall–Kier alpha value is -1.09. The summed E-state index contributed by atoms with van der Waals surface area (Å²) in [5.41, 5.74) is -1.30. The second kappa shape index (κ2) is 5.27. The second-order valence-corrected chi connectivity index (χ2v) is 7.29. The first-order chi connectivity index (χ1) is 8.34. The first kappa shape index (κ1) is 15.0. The molecule has 6 heteroatoms. The number of hydrogen-bond acceptors (Lipinski definition) is 5. The number of hydrogen-bond donors (Lipinski definition) is 0. The molecule has 0 bridgehead atoms. The number of rotatable bonds is 4. The Morgan fingerprint density at radius 3 is 2.56 bits per heavy atom. The summed E-state index contributed by atoms with van der Waals surface area (Å²) in [6.07, 6.45) is 0.405. The largest absolute Gasteiger partial charge is 0.465 e. The molecular weight excluding hydrogens is 254 g/mol. The maximum atomic E-state index is 11.9. The minimum Gasteiger partial charge on any atom is -0.465 e. The normalized spacial score (nSPS) is 31.9. The highest BCUT2D eigenvalue weighted by atomic mass is 32.2. The van der Waals surface area contributed by atoms with Crippen molar-refractivity contribution in [3.63, 3.8) is 0 Å². The number of sulfone groups is 1. The van der Waals surface area contributed by atoms with E-state index in [4.69, 9.17) is 4.74 Å². The second-order valence-electron chi connectivity index (χ2n) is 4.72. The monoisotopic (exact) mass is 273 g/mol. The molecule has 0 N–H and O–H groups in total. The smallest absolute Gasteiger partial charge is 0.326 e. The van der Waals surface area contributed by atoms with Crippen molar-refractivity contribution in [3.8, 4) is 6.07 Å². The van der Waals surface area contributed by atoms with Crippen LogP contribution in [0.1, 0.15) is 33.6 Å². The highest BCUT2D eigenvalue weighted by Gasteiger charge is 2.55. The van der Waals surface area contributed by atoms with Crippen molar-refractivity contribution < 1.29 is 17.9 Å². The lowest BCUT2D eigenvalue weighted by Gasteiger charge is -2.22. The Labute approximate surface area is 108 Å². The molecule has 0 aromatic carbocycles. The number of ether oxygens (including phenoxy) is 1. The molecule has 18 heavy (non-hydrogen) atoms. The number of carbonyl (C=O) groups excluding carboxylic acids is 1. The Morgan fingerprint density at radius 1 is 1.50 bits per heavy atom. The summed E-state index contributed by atoms with van der Waals surface area (Å²) in [5, 5.41) is 8.68. The van der Waals surface area contributed by atoms with Gasteiger partial charge in [0, 0.05) is 5.75 Å². The Balaban J connectivity index is 3.05. The first-order valence-electron chi connectivity index (χ1n) is 6.14. The number of nitrogens with zero attached hydrogens (tertiary/aromatic N) is 1. The predicted molar refractivity (Wildman–Crippen MR) is 66.3 cm³/mol. The molecule has 0 amide bonds. The van der Waals surface area contributed by atoms with Gasteiger partial charge in [-0.05, 0) is 25.7 Å². The third-order valence-electron chi connectivity index (χ3n) is 3.76. The van der Waals surface area contributed by atoms with Gasteiger partial charge in [-0.25, -0.2) is 8.42 Å². The molecular formula is C12H19NO4S. The van der Waals surface area contributed by atoms with Crippen molar-refractivity contribution in [1.29, 1.82) is 5.26 Å². The zero-order valence-electron chi connectivity index (χ0n) is 11.0. The fourth-order valence-electron chi connectivity index (χ4n) is 2.49. The summed E-state index contributed by atoms with van der Waals surface area (Å²) in [5.74, 6) is -0.851. The average Bonchev–Trinajstić information content (AvgIpc) is 2.68. The van der Waals surface area contributed by atoms with E-state index < -0.39 is 26.5 Å². The Morgan fingerprint density at radius 2 is 2.11 bits per heavy atom. The molecule has 0 unspecified atom stereocenters. The number of esters is 1. The zero-order chi connectivity index (χ0) is 14.0. The molecule has 1 aliphatic rings. The first-order valence-corrected chi connectivity index (χ1v) is 7.85. The average molecular weight is 273 g/mol. The molecule has 0 heterocycles. The van der Waals surface area contributed by atoms with Crippen molar-refractivity contribution in [1.82, 2.24) is 0 Å². The highest BCUT2D eigenvalue weighted by Crippen LogP contribution is 2.46. The van der Waals surface area contributed by atoms with Crippen LogP contribution in [0.3, 0.4) is 0 Å². The van der Waals surface area contributed by atoms with E-state index >= 15 is 0 Å². The molecule has 0 spiro atoms. The minimum atomic E-state index is -3.22. The van der Waals surface area contributed by atoms with Gasteiger partial charge < -0.3 is 4.74 Å². The van der Waals surface area contributed by atoms with Crippen LogP contribution in [-0.4, -0.2) is 32.0 Å². The van der Waals surface area contributed by atoms with Gasteiger partial charge in [0.15, 0.2) is 15.3 Å². The van der Waals surface area contributed by atoms with Crippen LogP contribution in [0.5, 0.6) is 0 Å². The maximum absolute atomic E-state index is 11.9. The van der Waals surface area contributed by atoms with Crippen LogP contribution in [0.25, 0.3) is 0 Å². The summed E-state index contributed by atoms with van der Waals surface area (Å²) in [6.45, 7) is 5.19. The molecule has 5 nitrogen and oxygen atoms in total. The lowest BCUT2D eigenvalue weighted by molar-refractivity contribution is -0.153. The van der Waals surface area contributed by atoms with Gasteiger partial charge in [-0.3, -0.25) is 4.79 Å². The van der Waals surface area contributed by atoms with Crippen LogP contribution >= 0.6 is 0 Å². The van der Waals surface area contributed by atoms with Gasteiger partial charge in [0.2, 0.25) is 0 Å². The van der Waals surface area contributed by atoms with E-state index in [1.165, 1.54) is 0 Å². The van der Waals surface area contributed by atoms with Gasteiger partial charge in [0.25, 0.3) is 0 Å². The van der Waals surface area contributed by atoms with Gasteiger partial charge in [-0.15, -0.1) is 0 Å². The van der Waals surface area contributed by atoms with E-state index in [-0.39, 0.29) is 24.7 Å². The minimum absolute atomic E-state index is 0.0364. The van der Waals surface area contributed by atoms with Gasteiger partial charge in [0.1, 0.15) is 0 Å². The van der Waals surface area contributed by atoms with Crippen LogP contribution in [-0.2, 0) is 19.4 Å². The molecule has 102 valence electrons. The lowest BCUT2D eigenvalue weighted by Crippen LogP contribution is -2.34. The number of carbonyl (C=O) groups is 1. The van der Waals surface area contributed by atoms with Gasteiger partial charge in [-0.2, -0.15) is 5.26 Å². The van der Waals surface area contributed by atoms with E-state index in [0.29, 0.717) is 6.42 Å². The number of nitriles is 1. The molecule has 1 rings (SSSR count). The van der Waals surface area contributed by atoms with Crippen LogP contribution in [0.4, 0.5) is 0 Å². The van der Waals surface area contributed by atoms with Crippen LogP contribution < -0.4 is 0 Å². The SMILES string of the molecule is CCOC(=O)[C@]1(C#N)C[C@H](S(=O)(=O)CC)C[C@@H]1C. The van der Waals surface area contributed by atoms with E-state index in [1.807, 2.05) is 6.07 Å². The fraction of sp³-hybridized carbons (Fsp3) is 0.833. The van der Waals surface area contributed by atoms with Crippen molar-refractivity contribution in [2.45, 2.75) is 38.9 Å². The molecule has 0 aliphatic heterocycles. The Kier molecular flexibility index (Phi) is 4.38. The van der Waals surface area contributed by atoms with Crippen molar-refractivity contribution >= 4 is 15.8 Å². The quantitative estimate of drug-likeness (QED) is 0.721. The van der Waals surface area contributed by atoms with Gasteiger partial charge in [0.05, 0.1) is 17.9 Å². The molecule has 1 aliphatic carbocycles. The third-order valence-corrected chi connectivity index (χ3v) is 5.94. The zero-order valence-corrected chi connectivity index (χ0v) is 11.8. The van der Waals surface area contributed by atoms with E-state index in [9.17, 15) is 18.5 Å². The van der Waals surface area contributed by atoms with Gasteiger partial charge >= 0.3 is 5.97 Å². The van der Waals surface area contributed by atoms with Crippen LogP contribution in [0, 0.1) is 22.7 Å². The van der Waals surface area contributed by atoms with Crippen molar-refractivity contribution in [2.75, 3.05) is 12.4 Å². The topological polar surface area (TPSA) is 84.2 Å². The summed E-state index contributed by atoms with van der Waals surface area (Å²) >= 11 is 0. The molecule has 0 saturated heterocycles. The van der Waals surface area contributed by atoms with Crippen LogP contribution in [0.15, 0.2) is 0 Å². The van der Waals surface area contributed by atoms with E-state index in [2.05, 4.69) is 0 Å². The van der Waals surface area contributed by atoms with Gasteiger partial charge in [-0.1, -0.05) is 13.8 Å². The highest BCUT2D eigenvalue weighted by molar-refractivity contribution is 7.92.